The fraction of sp³-hybridized carbons (Fsp3) is 0.333. The summed E-state index contributed by atoms with van der Waals surface area (Å²) < 4.78 is 32.5. The molecule has 2 aromatic carbocycles. The first-order valence-corrected chi connectivity index (χ1v) is 9.30. The van der Waals surface area contributed by atoms with Crippen LogP contribution in [-0.2, 0) is 11.2 Å². The number of hydrogen-bond acceptors (Lipinski definition) is 3. The van der Waals surface area contributed by atoms with E-state index in [-0.39, 0.29) is 24.3 Å². The average molecular weight is 386 g/mol. The summed E-state index contributed by atoms with van der Waals surface area (Å²) in [5, 5.41) is 2.70. The molecule has 2 heterocycles. The SMILES string of the molecule is O=C1COc2ccc(C(=O)N3CCC(Cc4cccc(F)c4F)CC3)cc2N1. The van der Waals surface area contributed by atoms with Crippen LogP contribution in [-0.4, -0.2) is 36.4 Å². The molecule has 1 fully saturated rings. The van der Waals surface area contributed by atoms with Crippen molar-refractivity contribution in [1.82, 2.24) is 4.90 Å². The molecule has 0 atom stereocenters. The number of anilines is 1. The van der Waals surface area contributed by atoms with Crippen LogP contribution in [0.3, 0.4) is 0 Å². The first kappa shape index (κ1) is 18.4. The number of benzene rings is 2. The highest BCUT2D eigenvalue weighted by atomic mass is 19.2. The predicted molar refractivity (Wildman–Crippen MR) is 99.3 cm³/mol. The Labute approximate surface area is 161 Å². The van der Waals surface area contributed by atoms with Crippen molar-refractivity contribution in [3.63, 3.8) is 0 Å². The molecule has 2 aliphatic rings. The third-order valence-electron chi connectivity index (χ3n) is 5.30. The lowest BCUT2D eigenvalue weighted by Gasteiger charge is -2.32. The van der Waals surface area contributed by atoms with E-state index in [1.165, 1.54) is 6.07 Å². The van der Waals surface area contributed by atoms with E-state index in [2.05, 4.69) is 5.32 Å². The van der Waals surface area contributed by atoms with Crippen LogP contribution in [0.25, 0.3) is 0 Å². The van der Waals surface area contributed by atoms with Gasteiger partial charge in [0.25, 0.3) is 11.8 Å². The second-order valence-electron chi connectivity index (χ2n) is 7.20. The Bertz CT molecular complexity index is 924. The fourth-order valence-corrected chi connectivity index (χ4v) is 3.76. The third kappa shape index (κ3) is 3.69. The topological polar surface area (TPSA) is 58.6 Å². The average Bonchev–Trinajstić information content (AvgIpc) is 2.71. The number of fused-ring (bicyclic) bond motifs is 1. The monoisotopic (exact) mass is 386 g/mol. The zero-order valence-electron chi connectivity index (χ0n) is 15.2. The van der Waals surface area contributed by atoms with Crippen molar-refractivity contribution in [2.24, 2.45) is 5.92 Å². The molecule has 0 radical (unpaired) electrons. The number of carbonyl (C=O) groups is 2. The molecule has 0 unspecified atom stereocenters. The Balaban J connectivity index is 1.38. The number of piperidine rings is 1. The maximum atomic E-state index is 13.9. The molecule has 0 saturated carbocycles. The first-order chi connectivity index (χ1) is 13.5. The number of nitrogens with zero attached hydrogens (tertiary/aromatic N) is 1. The molecule has 0 bridgehead atoms. The standard InChI is InChI=1S/C21H20F2N2O3/c22-16-3-1-2-14(20(16)23)10-13-6-8-25(9-7-13)21(27)15-4-5-18-17(11-15)24-19(26)12-28-18/h1-5,11,13H,6-10,12H2,(H,24,26). The minimum absolute atomic E-state index is 0.0281. The molecular formula is C21H20F2N2O3. The molecule has 1 saturated heterocycles. The number of halogens is 2. The maximum Gasteiger partial charge on any atom is 0.262 e. The van der Waals surface area contributed by atoms with Gasteiger partial charge >= 0.3 is 0 Å². The number of carbonyl (C=O) groups excluding carboxylic acids is 2. The van der Waals surface area contributed by atoms with Gasteiger partial charge in [-0.25, -0.2) is 8.78 Å². The minimum atomic E-state index is -0.825. The van der Waals surface area contributed by atoms with Crippen molar-refractivity contribution in [3.05, 3.63) is 59.2 Å². The van der Waals surface area contributed by atoms with Crippen molar-refractivity contribution in [1.29, 1.82) is 0 Å². The zero-order valence-corrected chi connectivity index (χ0v) is 15.2. The van der Waals surface area contributed by atoms with Crippen LogP contribution in [0.2, 0.25) is 0 Å². The van der Waals surface area contributed by atoms with E-state index < -0.39 is 11.6 Å². The van der Waals surface area contributed by atoms with Gasteiger partial charge in [0.05, 0.1) is 5.69 Å². The van der Waals surface area contributed by atoms with E-state index >= 15 is 0 Å². The van der Waals surface area contributed by atoms with Gasteiger partial charge < -0.3 is 15.0 Å². The molecule has 146 valence electrons. The lowest BCUT2D eigenvalue weighted by atomic mass is 9.89. The Hall–Kier alpha value is -2.96. The van der Waals surface area contributed by atoms with Gasteiger partial charge in [0.1, 0.15) is 5.75 Å². The van der Waals surface area contributed by atoms with E-state index in [4.69, 9.17) is 4.74 Å². The molecule has 2 amide bonds. The number of rotatable bonds is 3. The normalized spacial score (nSPS) is 16.9. The molecule has 7 heteroatoms. The Kier molecular flexibility index (Phi) is 4.98. The van der Waals surface area contributed by atoms with Gasteiger partial charge in [-0.1, -0.05) is 12.1 Å². The number of amides is 2. The molecule has 4 rings (SSSR count). The number of likely N-dealkylation sites (tertiary alicyclic amines) is 1. The summed E-state index contributed by atoms with van der Waals surface area (Å²) in [4.78, 5) is 26.0. The fourth-order valence-electron chi connectivity index (χ4n) is 3.76. The smallest absolute Gasteiger partial charge is 0.262 e. The highest BCUT2D eigenvalue weighted by molar-refractivity contribution is 5.99. The van der Waals surface area contributed by atoms with Crippen LogP contribution < -0.4 is 10.1 Å². The number of nitrogens with one attached hydrogen (secondary N) is 1. The van der Waals surface area contributed by atoms with E-state index in [9.17, 15) is 18.4 Å². The van der Waals surface area contributed by atoms with Crippen LogP contribution >= 0.6 is 0 Å². The van der Waals surface area contributed by atoms with Gasteiger partial charge in [-0.05, 0) is 55.0 Å². The van der Waals surface area contributed by atoms with Gasteiger partial charge in [0.15, 0.2) is 18.2 Å². The zero-order chi connectivity index (χ0) is 19.7. The molecule has 0 aromatic heterocycles. The quantitative estimate of drug-likeness (QED) is 0.880. The summed E-state index contributed by atoms with van der Waals surface area (Å²) in [5.74, 6) is -1.21. The molecule has 28 heavy (non-hydrogen) atoms. The second kappa shape index (κ2) is 7.58. The summed E-state index contributed by atoms with van der Waals surface area (Å²) >= 11 is 0. The van der Waals surface area contributed by atoms with Crippen molar-refractivity contribution in [2.75, 3.05) is 25.0 Å². The van der Waals surface area contributed by atoms with Crippen LogP contribution in [0.5, 0.6) is 5.75 Å². The van der Waals surface area contributed by atoms with Gasteiger partial charge in [-0.15, -0.1) is 0 Å². The largest absolute Gasteiger partial charge is 0.482 e. The molecule has 2 aliphatic heterocycles. The Morgan fingerprint density at radius 2 is 1.96 bits per heavy atom. The summed E-state index contributed by atoms with van der Waals surface area (Å²) in [6, 6.07) is 9.24. The lowest BCUT2D eigenvalue weighted by molar-refractivity contribution is -0.118. The third-order valence-corrected chi connectivity index (χ3v) is 5.30. The van der Waals surface area contributed by atoms with Crippen LogP contribution in [0.1, 0.15) is 28.8 Å². The van der Waals surface area contributed by atoms with Gasteiger partial charge in [0, 0.05) is 18.7 Å². The summed E-state index contributed by atoms with van der Waals surface area (Å²) in [7, 11) is 0. The number of ether oxygens (including phenoxy) is 1. The first-order valence-electron chi connectivity index (χ1n) is 9.30. The van der Waals surface area contributed by atoms with E-state index in [1.807, 2.05) is 0 Å². The highest BCUT2D eigenvalue weighted by Gasteiger charge is 2.26. The Morgan fingerprint density at radius 3 is 2.75 bits per heavy atom. The Morgan fingerprint density at radius 1 is 1.18 bits per heavy atom. The van der Waals surface area contributed by atoms with Crippen molar-refractivity contribution in [2.45, 2.75) is 19.3 Å². The molecule has 0 aliphatic carbocycles. The van der Waals surface area contributed by atoms with Crippen molar-refractivity contribution >= 4 is 17.5 Å². The second-order valence-corrected chi connectivity index (χ2v) is 7.20. The summed E-state index contributed by atoms with van der Waals surface area (Å²) in [6.45, 7) is 1.08. The minimum Gasteiger partial charge on any atom is -0.482 e. The van der Waals surface area contributed by atoms with Gasteiger partial charge in [-0.2, -0.15) is 0 Å². The van der Waals surface area contributed by atoms with Crippen LogP contribution in [0.4, 0.5) is 14.5 Å². The number of hydrogen-bond donors (Lipinski definition) is 1. The van der Waals surface area contributed by atoms with E-state index in [0.29, 0.717) is 42.1 Å². The molecule has 0 spiro atoms. The predicted octanol–water partition coefficient (Wildman–Crippen LogP) is 3.39. The lowest BCUT2D eigenvalue weighted by Crippen LogP contribution is -2.39. The van der Waals surface area contributed by atoms with Gasteiger partial charge in [-0.3, -0.25) is 9.59 Å². The van der Waals surface area contributed by atoms with Gasteiger partial charge in [0.2, 0.25) is 0 Å². The molecule has 1 N–H and O–H groups in total. The maximum absolute atomic E-state index is 13.9. The molecule has 5 nitrogen and oxygen atoms in total. The van der Waals surface area contributed by atoms with Crippen molar-refractivity contribution < 1.29 is 23.1 Å². The summed E-state index contributed by atoms with van der Waals surface area (Å²) in [5.41, 5.74) is 1.37. The van der Waals surface area contributed by atoms with Crippen LogP contribution in [0, 0.1) is 17.6 Å². The van der Waals surface area contributed by atoms with E-state index in [1.54, 1.807) is 29.2 Å². The van der Waals surface area contributed by atoms with Crippen LogP contribution in [0.15, 0.2) is 36.4 Å². The van der Waals surface area contributed by atoms with E-state index in [0.717, 1.165) is 18.9 Å². The molecule has 2 aromatic rings. The highest BCUT2D eigenvalue weighted by Crippen LogP contribution is 2.30. The van der Waals surface area contributed by atoms with Crippen molar-refractivity contribution in [3.8, 4) is 5.75 Å². The molecular weight excluding hydrogens is 366 g/mol. The summed E-state index contributed by atoms with van der Waals surface area (Å²) in [6.07, 6.45) is 1.92.